The van der Waals surface area contributed by atoms with Crippen LogP contribution in [0.4, 0.5) is 0 Å². The Kier molecular flexibility index (Phi) is 7.45. The maximum absolute atomic E-state index is 12.5. The first-order valence-electron chi connectivity index (χ1n) is 8.93. The van der Waals surface area contributed by atoms with Crippen LogP contribution in [0.3, 0.4) is 0 Å². The summed E-state index contributed by atoms with van der Waals surface area (Å²) in [5.41, 5.74) is 0.822. The van der Waals surface area contributed by atoms with Crippen molar-refractivity contribution in [2.24, 2.45) is 5.92 Å². The maximum atomic E-state index is 12.5. The molecule has 140 valence electrons. The van der Waals surface area contributed by atoms with Crippen molar-refractivity contribution >= 4 is 17.7 Å². The van der Waals surface area contributed by atoms with Gasteiger partial charge in [-0.15, -0.1) is 0 Å². The Morgan fingerprint density at radius 3 is 2.46 bits per heavy atom. The average Bonchev–Trinajstić information content (AvgIpc) is 2.59. The SMILES string of the molecule is CC(C)CC(NC(=O)CSc1nc(=O)ccn1C(C)C)c1ccccc1. The summed E-state index contributed by atoms with van der Waals surface area (Å²) in [6, 6.07) is 11.6. The quantitative estimate of drug-likeness (QED) is 0.564. The Morgan fingerprint density at radius 2 is 1.85 bits per heavy atom. The standard InChI is InChI=1S/C20H27N3O2S/c1-14(2)12-17(16-8-6-5-7-9-16)21-19(25)13-26-20-22-18(24)10-11-23(20)15(3)4/h5-11,14-15,17H,12-13H2,1-4H3,(H,21,25). The van der Waals surface area contributed by atoms with E-state index >= 15 is 0 Å². The van der Waals surface area contributed by atoms with Crippen LogP contribution in [0.5, 0.6) is 0 Å². The second-order valence-electron chi connectivity index (χ2n) is 7.00. The Bertz CT molecular complexity index is 772. The fraction of sp³-hybridized carbons (Fsp3) is 0.450. The van der Waals surface area contributed by atoms with Crippen LogP contribution in [0.1, 0.15) is 51.8 Å². The molecule has 0 aliphatic heterocycles. The molecule has 5 nitrogen and oxygen atoms in total. The molecule has 1 atom stereocenters. The average molecular weight is 374 g/mol. The van der Waals surface area contributed by atoms with E-state index in [4.69, 9.17) is 0 Å². The van der Waals surface area contributed by atoms with E-state index in [9.17, 15) is 9.59 Å². The largest absolute Gasteiger partial charge is 0.349 e. The lowest BCUT2D eigenvalue weighted by molar-refractivity contribution is -0.119. The van der Waals surface area contributed by atoms with Gasteiger partial charge in [-0.25, -0.2) is 0 Å². The first kappa shape index (κ1) is 20.2. The number of carbonyl (C=O) groups is 1. The first-order chi connectivity index (χ1) is 12.4. The van der Waals surface area contributed by atoms with E-state index in [1.54, 1.807) is 6.20 Å². The zero-order valence-electron chi connectivity index (χ0n) is 15.8. The van der Waals surface area contributed by atoms with Crippen LogP contribution in [-0.4, -0.2) is 21.2 Å². The third-order valence-electron chi connectivity index (χ3n) is 3.94. The molecule has 6 heteroatoms. The fourth-order valence-corrected chi connectivity index (χ4v) is 3.62. The van der Waals surface area contributed by atoms with E-state index in [2.05, 4.69) is 24.1 Å². The number of aromatic nitrogens is 2. The minimum absolute atomic E-state index is 0.0136. The molecule has 1 N–H and O–H groups in total. The van der Waals surface area contributed by atoms with Crippen LogP contribution in [0.2, 0.25) is 0 Å². The van der Waals surface area contributed by atoms with Gasteiger partial charge < -0.3 is 9.88 Å². The van der Waals surface area contributed by atoms with Gasteiger partial charge in [-0.3, -0.25) is 9.59 Å². The number of nitrogens with zero attached hydrogens (tertiary/aromatic N) is 2. The van der Waals surface area contributed by atoms with Gasteiger partial charge in [0, 0.05) is 18.3 Å². The van der Waals surface area contributed by atoms with Gasteiger partial charge >= 0.3 is 0 Å². The molecule has 1 unspecified atom stereocenters. The third-order valence-corrected chi connectivity index (χ3v) is 4.90. The second-order valence-corrected chi connectivity index (χ2v) is 7.94. The predicted octanol–water partition coefficient (Wildman–Crippen LogP) is 3.82. The van der Waals surface area contributed by atoms with Gasteiger partial charge in [0.1, 0.15) is 0 Å². The molecule has 1 amide bonds. The summed E-state index contributed by atoms with van der Waals surface area (Å²) < 4.78 is 1.90. The molecular weight excluding hydrogens is 346 g/mol. The molecular formula is C20H27N3O2S. The minimum Gasteiger partial charge on any atom is -0.349 e. The zero-order chi connectivity index (χ0) is 19.1. The van der Waals surface area contributed by atoms with Gasteiger partial charge in [0.15, 0.2) is 5.16 Å². The molecule has 0 fully saturated rings. The van der Waals surface area contributed by atoms with Gasteiger partial charge in [0.05, 0.1) is 11.8 Å². The van der Waals surface area contributed by atoms with Crippen molar-refractivity contribution in [1.29, 1.82) is 0 Å². The van der Waals surface area contributed by atoms with E-state index in [1.165, 1.54) is 17.8 Å². The molecule has 0 saturated carbocycles. The van der Waals surface area contributed by atoms with Gasteiger partial charge in [-0.2, -0.15) is 4.98 Å². The molecule has 2 aromatic rings. The Labute approximate surface area is 159 Å². The van der Waals surface area contributed by atoms with Crippen molar-refractivity contribution in [2.45, 2.75) is 51.4 Å². The third kappa shape index (κ3) is 6.02. The number of rotatable bonds is 8. The summed E-state index contributed by atoms with van der Waals surface area (Å²) in [5, 5.41) is 3.70. The minimum atomic E-state index is -0.285. The second kappa shape index (κ2) is 9.57. The van der Waals surface area contributed by atoms with E-state index < -0.39 is 0 Å². The summed E-state index contributed by atoms with van der Waals surface area (Å²) in [6.07, 6.45) is 2.60. The summed E-state index contributed by atoms with van der Waals surface area (Å²) >= 11 is 1.29. The summed E-state index contributed by atoms with van der Waals surface area (Å²) in [5.74, 6) is 0.637. The van der Waals surface area contributed by atoms with E-state index in [0.29, 0.717) is 11.1 Å². The lowest BCUT2D eigenvalue weighted by Crippen LogP contribution is -2.31. The highest BCUT2D eigenvalue weighted by Crippen LogP contribution is 2.22. The predicted molar refractivity (Wildman–Crippen MR) is 106 cm³/mol. The van der Waals surface area contributed by atoms with Crippen LogP contribution in [0, 0.1) is 5.92 Å². The molecule has 0 bridgehead atoms. The Balaban J connectivity index is 2.05. The zero-order valence-corrected chi connectivity index (χ0v) is 16.6. The topological polar surface area (TPSA) is 64.0 Å². The molecule has 1 aromatic carbocycles. The maximum Gasteiger partial charge on any atom is 0.273 e. The number of amides is 1. The molecule has 26 heavy (non-hydrogen) atoms. The highest BCUT2D eigenvalue weighted by molar-refractivity contribution is 7.99. The normalized spacial score (nSPS) is 12.4. The smallest absolute Gasteiger partial charge is 0.273 e. The summed E-state index contributed by atoms with van der Waals surface area (Å²) in [6.45, 7) is 8.33. The lowest BCUT2D eigenvalue weighted by Gasteiger charge is -2.21. The van der Waals surface area contributed by atoms with Crippen LogP contribution < -0.4 is 10.9 Å². The highest BCUT2D eigenvalue weighted by atomic mass is 32.2. The number of carbonyl (C=O) groups excluding carboxylic acids is 1. The van der Waals surface area contributed by atoms with Crippen molar-refractivity contribution in [3.8, 4) is 0 Å². The fourth-order valence-electron chi connectivity index (χ4n) is 2.70. The monoisotopic (exact) mass is 373 g/mol. The molecule has 0 aliphatic carbocycles. The van der Waals surface area contributed by atoms with Crippen molar-refractivity contribution in [1.82, 2.24) is 14.9 Å². The number of benzene rings is 1. The van der Waals surface area contributed by atoms with Crippen LogP contribution >= 0.6 is 11.8 Å². The number of hydrogen-bond donors (Lipinski definition) is 1. The van der Waals surface area contributed by atoms with Gasteiger partial charge in [-0.1, -0.05) is 55.9 Å². The molecule has 1 aromatic heterocycles. The lowest BCUT2D eigenvalue weighted by atomic mass is 9.97. The molecule has 0 spiro atoms. The number of hydrogen-bond acceptors (Lipinski definition) is 4. The van der Waals surface area contributed by atoms with E-state index in [-0.39, 0.29) is 29.3 Å². The van der Waals surface area contributed by atoms with Gasteiger partial charge in [0.2, 0.25) is 5.91 Å². The number of thioether (sulfide) groups is 1. The van der Waals surface area contributed by atoms with Crippen molar-refractivity contribution in [3.63, 3.8) is 0 Å². The molecule has 0 radical (unpaired) electrons. The summed E-state index contributed by atoms with van der Waals surface area (Å²) in [7, 11) is 0. The molecule has 0 aliphatic rings. The van der Waals surface area contributed by atoms with Crippen LogP contribution in [0.25, 0.3) is 0 Å². The van der Waals surface area contributed by atoms with Crippen LogP contribution in [-0.2, 0) is 4.79 Å². The molecule has 1 heterocycles. The highest BCUT2D eigenvalue weighted by Gasteiger charge is 2.17. The van der Waals surface area contributed by atoms with Crippen molar-refractivity contribution in [2.75, 3.05) is 5.75 Å². The number of nitrogens with one attached hydrogen (secondary N) is 1. The van der Waals surface area contributed by atoms with Crippen LogP contribution in [0.15, 0.2) is 52.5 Å². The molecule has 2 rings (SSSR count). The van der Waals surface area contributed by atoms with E-state index in [0.717, 1.165) is 12.0 Å². The Hall–Kier alpha value is -2.08. The van der Waals surface area contributed by atoms with Gasteiger partial charge in [0.25, 0.3) is 5.56 Å². The van der Waals surface area contributed by atoms with Crippen molar-refractivity contribution in [3.05, 3.63) is 58.5 Å². The molecule has 0 saturated heterocycles. The Morgan fingerprint density at radius 1 is 1.15 bits per heavy atom. The van der Waals surface area contributed by atoms with E-state index in [1.807, 2.05) is 48.7 Å². The summed E-state index contributed by atoms with van der Waals surface area (Å²) in [4.78, 5) is 28.1. The first-order valence-corrected chi connectivity index (χ1v) is 9.91. The van der Waals surface area contributed by atoms with Gasteiger partial charge in [-0.05, 0) is 31.7 Å². The van der Waals surface area contributed by atoms with Crippen molar-refractivity contribution < 1.29 is 4.79 Å².